The van der Waals surface area contributed by atoms with Gasteiger partial charge in [-0.05, 0) is 49.2 Å². The lowest BCUT2D eigenvalue weighted by molar-refractivity contribution is 0.489. The average Bonchev–Trinajstić information content (AvgIpc) is 3.17. The summed E-state index contributed by atoms with van der Waals surface area (Å²) in [6.45, 7) is 3.56. The van der Waals surface area contributed by atoms with Gasteiger partial charge in [0.15, 0.2) is 0 Å². The van der Waals surface area contributed by atoms with E-state index in [0.717, 1.165) is 32.8 Å². The first-order valence-electron chi connectivity index (χ1n) is 9.44. The first-order chi connectivity index (χ1) is 14.8. The van der Waals surface area contributed by atoms with Gasteiger partial charge in [0.25, 0.3) is 10.0 Å². The molecule has 31 heavy (non-hydrogen) atoms. The van der Waals surface area contributed by atoms with Gasteiger partial charge in [-0.1, -0.05) is 12.1 Å². The number of aryl methyl sites for hydroxylation is 2. The Hall–Kier alpha value is -3.59. The Morgan fingerprint density at radius 2 is 1.90 bits per heavy atom. The first kappa shape index (κ1) is 20.7. The standard InChI is InChI=1S/C22H20FN5O2S/c1-15-6-7-19(23)10-21(15)31(29,30)27(3)26-13-20-12-25-22-16(2)9-18(14-28(20)22)17-5-4-8-24-11-17/h4-14H,1-3H3. The number of rotatable bonds is 5. The molecule has 4 rings (SSSR count). The molecule has 0 aliphatic carbocycles. The third-order valence-electron chi connectivity index (χ3n) is 4.94. The highest BCUT2D eigenvalue weighted by atomic mass is 32.2. The van der Waals surface area contributed by atoms with Gasteiger partial charge < -0.3 is 0 Å². The number of aromatic nitrogens is 3. The van der Waals surface area contributed by atoms with E-state index in [2.05, 4.69) is 15.1 Å². The van der Waals surface area contributed by atoms with Crippen molar-refractivity contribution >= 4 is 21.9 Å². The minimum atomic E-state index is -4.00. The SMILES string of the molecule is Cc1ccc(F)cc1S(=O)(=O)N(C)N=Cc1cnc2c(C)cc(-c3cccnc3)cn12. The minimum Gasteiger partial charge on any atom is -0.298 e. The van der Waals surface area contributed by atoms with E-state index in [-0.39, 0.29) is 4.90 Å². The van der Waals surface area contributed by atoms with Crippen molar-refractivity contribution < 1.29 is 12.8 Å². The topological polar surface area (TPSA) is 79.9 Å². The molecule has 9 heteroatoms. The number of hydrogen-bond acceptors (Lipinski definition) is 5. The third kappa shape index (κ3) is 3.91. The Kier molecular flexibility index (Phi) is 5.28. The van der Waals surface area contributed by atoms with E-state index in [9.17, 15) is 12.8 Å². The van der Waals surface area contributed by atoms with Gasteiger partial charge in [-0.2, -0.15) is 17.9 Å². The van der Waals surface area contributed by atoms with E-state index >= 15 is 0 Å². The Morgan fingerprint density at radius 3 is 2.65 bits per heavy atom. The molecule has 0 saturated carbocycles. The molecule has 7 nitrogen and oxygen atoms in total. The van der Waals surface area contributed by atoms with Gasteiger partial charge >= 0.3 is 0 Å². The molecule has 0 unspecified atom stereocenters. The maximum absolute atomic E-state index is 13.6. The molecule has 1 aromatic carbocycles. The molecular weight excluding hydrogens is 417 g/mol. The fourth-order valence-electron chi connectivity index (χ4n) is 3.26. The van der Waals surface area contributed by atoms with Crippen LogP contribution in [0, 0.1) is 19.7 Å². The second-order valence-corrected chi connectivity index (χ2v) is 9.04. The lowest BCUT2D eigenvalue weighted by atomic mass is 10.1. The Balaban J connectivity index is 1.71. The van der Waals surface area contributed by atoms with Gasteiger partial charge in [-0.3, -0.25) is 9.38 Å². The van der Waals surface area contributed by atoms with Crippen LogP contribution in [-0.2, 0) is 10.0 Å². The molecule has 0 aliphatic rings. The van der Waals surface area contributed by atoms with Crippen LogP contribution in [0.5, 0.6) is 0 Å². The van der Waals surface area contributed by atoms with Crippen molar-refractivity contribution in [3.05, 3.63) is 83.8 Å². The van der Waals surface area contributed by atoms with Crippen LogP contribution in [0.1, 0.15) is 16.8 Å². The zero-order chi connectivity index (χ0) is 22.2. The van der Waals surface area contributed by atoms with Gasteiger partial charge in [-0.25, -0.2) is 9.37 Å². The van der Waals surface area contributed by atoms with Crippen LogP contribution < -0.4 is 0 Å². The maximum atomic E-state index is 13.6. The van der Waals surface area contributed by atoms with Crippen LogP contribution in [0.2, 0.25) is 0 Å². The minimum absolute atomic E-state index is 0.125. The number of hydrazone groups is 1. The molecule has 0 amide bonds. The van der Waals surface area contributed by atoms with Crippen molar-refractivity contribution in [2.24, 2.45) is 5.10 Å². The smallest absolute Gasteiger partial charge is 0.279 e. The van der Waals surface area contributed by atoms with E-state index in [1.54, 1.807) is 25.5 Å². The molecule has 0 aliphatic heterocycles. The lowest BCUT2D eigenvalue weighted by Gasteiger charge is -2.15. The summed E-state index contributed by atoms with van der Waals surface area (Å²) in [5.41, 5.74) is 4.63. The number of fused-ring (bicyclic) bond motifs is 1. The summed E-state index contributed by atoms with van der Waals surface area (Å²) in [6, 6.07) is 9.47. The van der Waals surface area contributed by atoms with Crippen LogP contribution in [-0.4, -0.2) is 40.5 Å². The summed E-state index contributed by atoms with van der Waals surface area (Å²) in [5.74, 6) is -0.623. The molecule has 0 bridgehead atoms. The molecule has 0 atom stereocenters. The van der Waals surface area contributed by atoms with Crippen LogP contribution in [0.4, 0.5) is 4.39 Å². The van der Waals surface area contributed by atoms with E-state index in [0.29, 0.717) is 11.3 Å². The maximum Gasteiger partial charge on any atom is 0.279 e. The number of benzene rings is 1. The molecule has 4 aromatic rings. The first-order valence-corrected chi connectivity index (χ1v) is 10.9. The van der Waals surface area contributed by atoms with Crippen molar-refractivity contribution in [2.45, 2.75) is 18.7 Å². The van der Waals surface area contributed by atoms with Crippen LogP contribution in [0.15, 0.2) is 71.2 Å². The molecule has 0 radical (unpaired) electrons. The van der Waals surface area contributed by atoms with Crippen molar-refractivity contribution in [3.63, 3.8) is 0 Å². The number of imidazole rings is 1. The summed E-state index contributed by atoms with van der Waals surface area (Å²) >= 11 is 0. The predicted octanol–water partition coefficient (Wildman–Crippen LogP) is 3.81. The summed E-state index contributed by atoms with van der Waals surface area (Å²) < 4.78 is 41.9. The Bertz CT molecular complexity index is 1400. The zero-order valence-electron chi connectivity index (χ0n) is 17.2. The van der Waals surface area contributed by atoms with Gasteiger partial charge in [0.2, 0.25) is 0 Å². The van der Waals surface area contributed by atoms with Gasteiger partial charge in [0.1, 0.15) is 11.5 Å². The molecule has 3 heterocycles. The highest BCUT2D eigenvalue weighted by molar-refractivity contribution is 7.89. The monoisotopic (exact) mass is 437 g/mol. The molecule has 0 N–H and O–H groups in total. The van der Waals surface area contributed by atoms with Gasteiger partial charge in [0, 0.05) is 36.8 Å². The van der Waals surface area contributed by atoms with Gasteiger partial charge in [-0.15, -0.1) is 0 Å². The fourth-order valence-corrected chi connectivity index (χ4v) is 4.45. The predicted molar refractivity (Wildman–Crippen MR) is 117 cm³/mol. The van der Waals surface area contributed by atoms with Crippen molar-refractivity contribution in [1.82, 2.24) is 18.8 Å². The van der Waals surface area contributed by atoms with Crippen molar-refractivity contribution in [1.29, 1.82) is 0 Å². The number of halogens is 1. The summed E-state index contributed by atoms with van der Waals surface area (Å²) in [4.78, 5) is 8.45. The lowest BCUT2D eigenvalue weighted by Crippen LogP contribution is -2.23. The fraction of sp³-hybridized carbons (Fsp3) is 0.136. The van der Waals surface area contributed by atoms with E-state index in [1.165, 1.54) is 25.4 Å². The molecule has 0 fully saturated rings. The van der Waals surface area contributed by atoms with Crippen LogP contribution in [0.25, 0.3) is 16.8 Å². The average molecular weight is 438 g/mol. The Labute approximate surface area is 179 Å². The second-order valence-electron chi connectivity index (χ2n) is 7.12. The highest BCUT2D eigenvalue weighted by Gasteiger charge is 2.22. The number of hydrogen-bond donors (Lipinski definition) is 0. The second kappa shape index (κ2) is 7.92. The number of nitrogens with zero attached hydrogens (tertiary/aromatic N) is 5. The molecular formula is C22H20FN5O2S. The van der Waals surface area contributed by atoms with E-state index in [4.69, 9.17) is 0 Å². The highest BCUT2D eigenvalue weighted by Crippen LogP contribution is 2.23. The quantitative estimate of drug-likeness (QED) is 0.351. The molecule has 0 spiro atoms. The number of sulfonamides is 1. The molecule has 0 saturated heterocycles. The van der Waals surface area contributed by atoms with Crippen LogP contribution in [0.3, 0.4) is 0 Å². The van der Waals surface area contributed by atoms with Crippen molar-refractivity contribution in [3.8, 4) is 11.1 Å². The van der Waals surface area contributed by atoms with Gasteiger partial charge in [0.05, 0.1) is 23.0 Å². The summed E-state index contributed by atoms with van der Waals surface area (Å²) in [6.07, 6.45) is 8.41. The van der Waals surface area contributed by atoms with E-state index in [1.807, 2.05) is 35.7 Å². The van der Waals surface area contributed by atoms with Crippen LogP contribution >= 0.6 is 0 Å². The van der Waals surface area contributed by atoms with Crippen molar-refractivity contribution in [2.75, 3.05) is 7.05 Å². The summed E-state index contributed by atoms with van der Waals surface area (Å²) in [7, 11) is -2.69. The normalized spacial score (nSPS) is 12.0. The Morgan fingerprint density at radius 1 is 1.10 bits per heavy atom. The molecule has 3 aromatic heterocycles. The molecule has 158 valence electrons. The zero-order valence-corrected chi connectivity index (χ0v) is 18.0. The number of pyridine rings is 2. The third-order valence-corrected chi connectivity index (χ3v) is 6.73. The largest absolute Gasteiger partial charge is 0.298 e. The summed E-state index contributed by atoms with van der Waals surface area (Å²) in [5, 5.41) is 4.09. The van der Waals surface area contributed by atoms with E-state index < -0.39 is 15.8 Å².